The van der Waals surface area contributed by atoms with Crippen molar-refractivity contribution in [3.05, 3.63) is 78.1 Å². The van der Waals surface area contributed by atoms with Crippen LogP contribution in [0.2, 0.25) is 0 Å². The molecule has 0 aromatic heterocycles. The van der Waals surface area contributed by atoms with Crippen molar-refractivity contribution in [2.45, 2.75) is 31.2 Å². The van der Waals surface area contributed by atoms with Gasteiger partial charge in [0.25, 0.3) is 0 Å². The third-order valence-electron chi connectivity index (χ3n) is 5.89. The molecule has 0 aliphatic carbocycles. The topological polar surface area (TPSA) is 81.2 Å². The molecule has 1 fully saturated rings. The Hall–Kier alpha value is -3.17. The van der Waals surface area contributed by atoms with Crippen LogP contribution in [0.1, 0.15) is 23.6 Å². The minimum atomic E-state index is -0.00489. The largest absolute Gasteiger partial charge is 0.497 e. The van der Waals surface area contributed by atoms with Crippen molar-refractivity contribution in [3.63, 3.8) is 0 Å². The Bertz CT molecular complexity index is 1010. The first-order chi connectivity index (χ1) is 15.7. The van der Waals surface area contributed by atoms with E-state index in [0.717, 1.165) is 22.9 Å². The van der Waals surface area contributed by atoms with E-state index in [2.05, 4.69) is 43.3 Å². The fourth-order valence-corrected chi connectivity index (χ4v) is 4.98. The fraction of sp³-hybridized carbons (Fsp3) is 0.304. The van der Waals surface area contributed by atoms with Crippen molar-refractivity contribution < 1.29 is 9.53 Å². The highest BCUT2D eigenvalue weighted by atomic mass is 32.2. The molecule has 3 atom stereocenters. The average Bonchev–Trinajstić information content (AvgIpc) is 3.46. The Kier molecular flexibility index (Phi) is 5.91. The van der Waals surface area contributed by atoms with E-state index in [4.69, 9.17) is 4.74 Å². The lowest BCUT2D eigenvalue weighted by atomic mass is 10.00. The average molecular weight is 451 g/mol. The maximum Gasteiger partial charge on any atom is 0.230 e. The number of benzene rings is 2. The number of fused-ring (bicyclic) bond motifs is 3. The number of ether oxygens (including phenoxy) is 1. The maximum absolute atomic E-state index is 12.3. The molecule has 32 heavy (non-hydrogen) atoms. The van der Waals surface area contributed by atoms with Crippen LogP contribution in [0.5, 0.6) is 5.75 Å². The molecular formula is C23H26N6O2S. The molecule has 3 heterocycles. The van der Waals surface area contributed by atoms with E-state index in [1.807, 2.05) is 54.9 Å². The number of amidine groups is 1. The standard InChI is InChI=1S/C23H26N6O2S/c1-31-18-9-7-17(8-10-18)19-13-20-22-25-26-23(28(22)11-12-29(20)27-19)32-15-21(30)24-14-16-5-3-2-4-6-16/h2-12,19-20,22,25,27H,13-15H2,1H3,(H,24,30). The highest BCUT2D eigenvalue weighted by molar-refractivity contribution is 8.14. The van der Waals surface area contributed by atoms with Gasteiger partial charge in [-0.1, -0.05) is 54.2 Å². The van der Waals surface area contributed by atoms with E-state index in [1.165, 1.54) is 17.3 Å². The Labute approximate surface area is 191 Å². The summed E-state index contributed by atoms with van der Waals surface area (Å²) in [6.07, 6.45) is 5.03. The Balaban J connectivity index is 1.14. The first-order valence-electron chi connectivity index (χ1n) is 10.6. The van der Waals surface area contributed by atoms with Gasteiger partial charge >= 0.3 is 0 Å². The van der Waals surface area contributed by atoms with Crippen molar-refractivity contribution in [3.8, 4) is 5.75 Å². The molecule has 5 rings (SSSR count). The van der Waals surface area contributed by atoms with Gasteiger partial charge in [-0.3, -0.25) is 10.2 Å². The van der Waals surface area contributed by atoms with Crippen LogP contribution in [0.15, 0.2) is 72.1 Å². The lowest BCUT2D eigenvalue weighted by molar-refractivity contribution is -0.118. The summed E-state index contributed by atoms with van der Waals surface area (Å²) >= 11 is 1.45. The minimum absolute atomic E-state index is 0.00489. The SMILES string of the molecule is COc1ccc(C2CC3C4NN=C(SCC(=O)NCc5ccccc5)N4C=CN3N2)cc1. The number of hydrogen-bond acceptors (Lipinski definition) is 8. The fourth-order valence-electron chi connectivity index (χ4n) is 4.18. The smallest absolute Gasteiger partial charge is 0.230 e. The van der Waals surface area contributed by atoms with E-state index in [0.29, 0.717) is 12.3 Å². The van der Waals surface area contributed by atoms with Gasteiger partial charge in [0, 0.05) is 18.9 Å². The highest BCUT2D eigenvalue weighted by Crippen LogP contribution is 2.35. The number of carbonyl (C=O) groups is 1. The van der Waals surface area contributed by atoms with Gasteiger partial charge in [-0.05, 0) is 29.7 Å². The van der Waals surface area contributed by atoms with Gasteiger partial charge in [0.1, 0.15) is 11.9 Å². The second-order valence-corrected chi connectivity index (χ2v) is 8.83. The van der Waals surface area contributed by atoms with E-state index in [-0.39, 0.29) is 24.2 Å². The predicted molar refractivity (Wildman–Crippen MR) is 125 cm³/mol. The molecular weight excluding hydrogens is 424 g/mol. The number of hydrazine groups is 1. The van der Waals surface area contributed by atoms with Gasteiger partial charge in [0.15, 0.2) is 5.17 Å². The van der Waals surface area contributed by atoms with Crippen molar-refractivity contribution >= 4 is 22.8 Å². The quantitative estimate of drug-likeness (QED) is 0.623. The lowest BCUT2D eigenvalue weighted by Gasteiger charge is -2.36. The first kappa shape index (κ1) is 20.7. The second kappa shape index (κ2) is 9.13. The van der Waals surface area contributed by atoms with Crippen molar-refractivity contribution in [2.75, 3.05) is 12.9 Å². The summed E-state index contributed by atoms with van der Waals surface area (Å²) in [5.41, 5.74) is 9.15. The minimum Gasteiger partial charge on any atom is -0.497 e. The number of amides is 1. The van der Waals surface area contributed by atoms with E-state index in [9.17, 15) is 4.79 Å². The van der Waals surface area contributed by atoms with Gasteiger partial charge in [-0.25, -0.2) is 5.43 Å². The van der Waals surface area contributed by atoms with E-state index in [1.54, 1.807) is 7.11 Å². The molecule has 1 amide bonds. The number of nitrogens with zero attached hydrogens (tertiary/aromatic N) is 3. The number of methoxy groups -OCH3 is 1. The maximum atomic E-state index is 12.3. The molecule has 2 aromatic rings. The molecule has 1 saturated heterocycles. The second-order valence-electron chi connectivity index (χ2n) is 7.89. The molecule has 0 spiro atoms. The summed E-state index contributed by atoms with van der Waals surface area (Å²) in [6.45, 7) is 0.534. The van der Waals surface area contributed by atoms with Crippen molar-refractivity contribution in [1.82, 2.24) is 26.1 Å². The van der Waals surface area contributed by atoms with Crippen LogP contribution in [-0.2, 0) is 11.3 Å². The van der Waals surface area contributed by atoms with Gasteiger partial charge < -0.3 is 20.0 Å². The zero-order chi connectivity index (χ0) is 21.9. The molecule has 3 aliphatic heterocycles. The molecule has 3 unspecified atom stereocenters. The molecule has 3 N–H and O–H groups in total. The van der Waals surface area contributed by atoms with E-state index >= 15 is 0 Å². The molecule has 166 valence electrons. The molecule has 8 nitrogen and oxygen atoms in total. The monoisotopic (exact) mass is 450 g/mol. The van der Waals surface area contributed by atoms with E-state index < -0.39 is 0 Å². The lowest BCUT2D eigenvalue weighted by Crippen LogP contribution is -2.54. The van der Waals surface area contributed by atoms with Crippen molar-refractivity contribution in [2.24, 2.45) is 5.10 Å². The van der Waals surface area contributed by atoms with Crippen LogP contribution < -0.4 is 20.9 Å². The van der Waals surface area contributed by atoms with Gasteiger partial charge in [-0.2, -0.15) is 5.10 Å². The number of rotatable bonds is 6. The summed E-state index contributed by atoms with van der Waals surface area (Å²) in [5, 5.41) is 10.4. The predicted octanol–water partition coefficient (Wildman–Crippen LogP) is 2.35. The summed E-state index contributed by atoms with van der Waals surface area (Å²) < 4.78 is 5.27. The summed E-state index contributed by atoms with van der Waals surface area (Å²) in [6, 6.07) is 18.5. The number of thioether (sulfide) groups is 1. The third-order valence-corrected chi connectivity index (χ3v) is 6.85. The third kappa shape index (κ3) is 4.26. The van der Waals surface area contributed by atoms with Gasteiger partial charge in [0.2, 0.25) is 5.91 Å². The van der Waals surface area contributed by atoms with Crippen LogP contribution in [0, 0.1) is 0 Å². The molecule has 0 bridgehead atoms. The van der Waals surface area contributed by atoms with Crippen LogP contribution in [0.25, 0.3) is 0 Å². The molecule has 3 aliphatic rings. The summed E-state index contributed by atoms with van der Waals surface area (Å²) in [4.78, 5) is 14.4. The van der Waals surface area contributed by atoms with Gasteiger partial charge in [0.05, 0.1) is 24.9 Å². The normalized spacial score (nSPS) is 23.3. The molecule has 9 heteroatoms. The number of hydrazone groups is 1. The van der Waals surface area contributed by atoms with Gasteiger partial charge in [-0.15, -0.1) is 0 Å². The zero-order valence-electron chi connectivity index (χ0n) is 17.8. The van der Waals surface area contributed by atoms with Crippen LogP contribution in [0.4, 0.5) is 0 Å². The summed E-state index contributed by atoms with van der Waals surface area (Å²) in [7, 11) is 1.68. The first-order valence-corrected chi connectivity index (χ1v) is 11.6. The summed E-state index contributed by atoms with van der Waals surface area (Å²) in [5.74, 6) is 1.18. The Morgan fingerprint density at radius 3 is 2.78 bits per heavy atom. The van der Waals surface area contributed by atoms with Crippen LogP contribution >= 0.6 is 11.8 Å². The number of hydrogen-bond donors (Lipinski definition) is 3. The van der Waals surface area contributed by atoms with Crippen LogP contribution in [-0.4, -0.2) is 46.1 Å². The Morgan fingerprint density at radius 2 is 2.00 bits per heavy atom. The molecule has 2 aromatic carbocycles. The molecule has 0 saturated carbocycles. The van der Waals surface area contributed by atoms with Crippen LogP contribution in [0.3, 0.4) is 0 Å². The highest BCUT2D eigenvalue weighted by Gasteiger charge is 2.44. The number of carbonyl (C=O) groups excluding carboxylic acids is 1. The van der Waals surface area contributed by atoms with Crippen molar-refractivity contribution in [1.29, 1.82) is 0 Å². The zero-order valence-corrected chi connectivity index (χ0v) is 18.6. The number of nitrogens with one attached hydrogen (secondary N) is 3. The molecule has 0 radical (unpaired) electrons. The Morgan fingerprint density at radius 1 is 1.19 bits per heavy atom.